The van der Waals surface area contributed by atoms with Gasteiger partial charge in [-0.1, -0.05) is 13.8 Å². The van der Waals surface area contributed by atoms with Crippen LogP contribution in [0.2, 0.25) is 0 Å². The third-order valence-electron chi connectivity index (χ3n) is 3.85. The number of nitrogens with zero attached hydrogens (tertiary/aromatic N) is 1. The van der Waals surface area contributed by atoms with Crippen LogP contribution in [0.15, 0.2) is 0 Å². The van der Waals surface area contributed by atoms with Crippen LogP contribution < -0.4 is 5.32 Å². The molecule has 0 saturated carbocycles. The molecular weight excluding hydrogens is 232 g/mol. The quantitative estimate of drug-likeness (QED) is 0.839. The summed E-state index contributed by atoms with van der Waals surface area (Å²) in [5, 5.41) is 3.41. The van der Waals surface area contributed by atoms with Gasteiger partial charge < -0.3 is 4.90 Å². The summed E-state index contributed by atoms with van der Waals surface area (Å²) in [7, 11) is 0. The molecule has 3 nitrogen and oxygen atoms in total. The van der Waals surface area contributed by atoms with Gasteiger partial charge in [0, 0.05) is 11.3 Å². The number of carbonyl (C=O) groups excluding carboxylic acids is 1. The molecule has 0 bridgehead atoms. The first-order valence-corrected chi connectivity index (χ1v) is 7.62. The predicted octanol–water partition coefficient (Wildman–Crippen LogP) is 2.07. The largest absolute Gasteiger partial charge is 0.324 e. The Hall–Kier alpha value is -0.220. The Morgan fingerprint density at radius 1 is 1.59 bits per heavy atom. The minimum atomic E-state index is -0.0163. The average Bonchev–Trinajstić information content (AvgIpc) is 2.78. The van der Waals surface area contributed by atoms with Crippen molar-refractivity contribution in [1.29, 1.82) is 0 Å². The third kappa shape index (κ3) is 2.63. The number of thioether (sulfide) groups is 1. The van der Waals surface area contributed by atoms with Crippen molar-refractivity contribution in [3.8, 4) is 0 Å². The van der Waals surface area contributed by atoms with Crippen molar-refractivity contribution in [2.75, 3.05) is 12.3 Å². The molecule has 0 aromatic rings. The number of rotatable bonds is 3. The van der Waals surface area contributed by atoms with Crippen LogP contribution in [0.4, 0.5) is 0 Å². The molecule has 0 spiro atoms. The van der Waals surface area contributed by atoms with Crippen molar-refractivity contribution in [3.63, 3.8) is 0 Å². The minimum absolute atomic E-state index is 0.0163. The lowest BCUT2D eigenvalue weighted by atomic mass is 10.0. The summed E-state index contributed by atoms with van der Waals surface area (Å²) in [4.78, 5) is 14.3. The van der Waals surface area contributed by atoms with Crippen molar-refractivity contribution in [3.05, 3.63) is 0 Å². The number of hydrogen-bond donors (Lipinski definition) is 1. The van der Waals surface area contributed by atoms with E-state index in [4.69, 9.17) is 0 Å². The Morgan fingerprint density at radius 2 is 2.29 bits per heavy atom. The van der Waals surface area contributed by atoms with Gasteiger partial charge in [0.25, 0.3) is 0 Å². The second-order valence-electron chi connectivity index (χ2n) is 5.95. The highest BCUT2D eigenvalue weighted by Gasteiger charge is 2.42. The molecule has 2 aliphatic heterocycles. The van der Waals surface area contributed by atoms with Crippen LogP contribution in [-0.2, 0) is 4.79 Å². The van der Waals surface area contributed by atoms with E-state index in [1.54, 1.807) is 0 Å². The molecule has 3 atom stereocenters. The molecule has 98 valence electrons. The first kappa shape index (κ1) is 13.2. The Bertz CT molecular complexity index is 300. The third-order valence-corrected chi connectivity index (χ3v) is 5.37. The molecule has 2 heterocycles. The van der Waals surface area contributed by atoms with Crippen molar-refractivity contribution in [2.45, 2.75) is 57.5 Å². The van der Waals surface area contributed by atoms with Gasteiger partial charge in [0.05, 0.1) is 12.2 Å². The van der Waals surface area contributed by atoms with E-state index in [2.05, 4.69) is 31.0 Å². The standard InChI is InChI=1S/C13H24N2OS/c1-9(2)11-14-10(3)12(16)15(11)8-13(4)6-5-7-17-13/h9-11,14H,5-8H2,1-4H3. The molecule has 4 heteroatoms. The van der Waals surface area contributed by atoms with Gasteiger partial charge in [-0.05, 0) is 38.4 Å². The second-order valence-corrected chi connectivity index (χ2v) is 7.63. The summed E-state index contributed by atoms with van der Waals surface area (Å²) in [6.45, 7) is 9.54. The summed E-state index contributed by atoms with van der Waals surface area (Å²) in [6.07, 6.45) is 2.75. The molecule has 2 fully saturated rings. The number of hydrogen-bond acceptors (Lipinski definition) is 3. The highest BCUT2D eigenvalue weighted by Crippen LogP contribution is 2.39. The van der Waals surface area contributed by atoms with Crippen molar-refractivity contribution < 1.29 is 4.79 Å². The smallest absolute Gasteiger partial charge is 0.240 e. The van der Waals surface area contributed by atoms with Crippen LogP contribution in [0.5, 0.6) is 0 Å². The molecule has 17 heavy (non-hydrogen) atoms. The van der Waals surface area contributed by atoms with Gasteiger partial charge in [0.2, 0.25) is 5.91 Å². The van der Waals surface area contributed by atoms with Crippen LogP contribution in [-0.4, -0.2) is 40.1 Å². The zero-order valence-electron chi connectivity index (χ0n) is 11.3. The minimum Gasteiger partial charge on any atom is -0.324 e. The fraction of sp³-hybridized carbons (Fsp3) is 0.923. The SMILES string of the molecule is CC1NC(C(C)C)N(CC2(C)CCCS2)C1=O. The first-order chi connectivity index (χ1) is 7.93. The Labute approximate surface area is 109 Å². The molecule has 0 aromatic carbocycles. The van der Waals surface area contributed by atoms with Crippen molar-refractivity contribution in [1.82, 2.24) is 10.2 Å². The van der Waals surface area contributed by atoms with Gasteiger partial charge in [0.15, 0.2) is 0 Å². The molecule has 0 aromatic heterocycles. The molecular formula is C13H24N2OS. The number of carbonyl (C=O) groups is 1. The van der Waals surface area contributed by atoms with Crippen LogP contribution in [0.1, 0.15) is 40.5 Å². The fourth-order valence-corrected chi connectivity index (χ4v) is 4.15. The highest BCUT2D eigenvalue weighted by molar-refractivity contribution is 8.00. The van der Waals surface area contributed by atoms with Crippen LogP contribution >= 0.6 is 11.8 Å². The van der Waals surface area contributed by atoms with Gasteiger partial charge in [0.1, 0.15) is 0 Å². The van der Waals surface area contributed by atoms with Crippen LogP contribution in [0, 0.1) is 5.92 Å². The summed E-state index contributed by atoms with van der Waals surface area (Å²) in [5.41, 5.74) is 0. The van der Waals surface area contributed by atoms with Crippen molar-refractivity contribution in [2.24, 2.45) is 5.92 Å². The Morgan fingerprint density at radius 3 is 2.82 bits per heavy atom. The maximum Gasteiger partial charge on any atom is 0.240 e. The van der Waals surface area contributed by atoms with E-state index in [1.807, 2.05) is 18.7 Å². The van der Waals surface area contributed by atoms with Gasteiger partial charge in [-0.25, -0.2) is 0 Å². The molecule has 3 unspecified atom stereocenters. The zero-order chi connectivity index (χ0) is 12.6. The molecule has 1 amide bonds. The lowest BCUT2D eigenvalue weighted by Gasteiger charge is -2.34. The van der Waals surface area contributed by atoms with Crippen LogP contribution in [0.3, 0.4) is 0 Å². The van der Waals surface area contributed by atoms with Gasteiger partial charge >= 0.3 is 0 Å². The molecule has 2 rings (SSSR count). The highest BCUT2D eigenvalue weighted by atomic mass is 32.2. The molecule has 2 saturated heterocycles. The maximum absolute atomic E-state index is 12.2. The number of nitrogens with one attached hydrogen (secondary N) is 1. The number of amides is 1. The van der Waals surface area contributed by atoms with Crippen molar-refractivity contribution >= 4 is 17.7 Å². The van der Waals surface area contributed by atoms with E-state index in [0.717, 1.165) is 6.54 Å². The Balaban J connectivity index is 2.09. The van der Waals surface area contributed by atoms with Gasteiger partial charge in [-0.3, -0.25) is 10.1 Å². The topological polar surface area (TPSA) is 32.3 Å². The first-order valence-electron chi connectivity index (χ1n) is 6.63. The molecule has 0 radical (unpaired) electrons. The summed E-state index contributed by atoms with van der Waals surface area (Å²) in [6, 6.07) is -0.0163. The van der Waals surface area contributed by atoms with E-state index < -0.39 is 0 Å². The summed E-state index contributed by atoms with van der Waals surface area (Å²) in [5.74, 6) is 1.99. The summed E-state index contributed by atoms with van der Waals surface area (Å²) >= 11 is 2.03. The fourth-order valence-electron chi connectivity index (χ4n) is 2.85. The molecule has 1 N–H and O–H groups in total. The molecule has 2 aliphatic rings. The Kier molecular flexibility index (Phi) is 3.74. The van der Waals surface area contributed by atoms with E-state index in [1.165, 1.54) is 18.6 Å². The maximum atomic E-state index is 12.2. The van der Waals surface area contributed by atoms with Gasteiger partial charge in [-0.15, -0.1) is 0 Å². The normalized spacial score (nSPS) is 38.4. The summed E-state index contributed by atoms with van der Waals surface area (Å²) < 4.78 is 0.272. The van der Waals surface area contributed by atoms with E-state index in [9.17, 15) is 4.79 Å². The molecule has 0 aliphatic carbocycles. The van der Waals surface area contributed by atoms with E-state index in [0.29, 0.717) is 5.92 Å². The zero-order valence-corrected chi connectivity index (χ0v) is 12.1. The monoisotopic (exact) mass is 256 g/mol. The average molecular weight is 256 g/mol. The van der Waals surface area contributed by atoms with E-state index >= 15 is 0 Å². The van der Waals surface area contributed by atoms with Crippen LogP contribution in [0.25, 0.3) is 0 Å². The van der Waals surface area contributed by atoms with Gasteiger partial charge in [-0.2, -0.15) is 11.8 Å². The lowest BCUT2D eigenvalue weighted by molar-refractivity contribution is -0.130. The second kappa shape index (κ2) is 4.81. The predicted molar refractivity (Wildman–Crippen MR) is 73.0 cm³/mol. The lowest BCUT2D eigenvalue weighted by Crippen LogP contribution is -2.47. The van der Waals surface area contributed by atoms with E-state index in [-0.39, 0.29) is 22.9 Å².